The molecule has 0 aliphatic carbocycles. The van der Waals surface area contributed by atoms with Crippen LogP contribution in [-0.2, 0) is 6.42 Å². The molecule has 1 aromatic heterocycles. The first kappa shape index (κ1) is 12.8. The smallest absolute Gasteiger partial charge is 0.116 e. The summed E-state index contributed by atoms with van der Waals surface area (Å²) in [5.74, 6) is 6.33. The van der Waals surface area contributed by atoms with Crippen molar-refractivity contribution in [3.05, 3.63) is 52.7 Å². The normalized spacial score (nSPS) is 11.5. The average molecular weight is 259 g/mol. The van der Waals surface area contributed by atoms with E-state index in [0.29, 0.717) is 0 Å². The van der Waals surface area contributed by atoms with Gasteiger partial charge in [-0.15, -0.1) is 11.3 Å². The van der Waals surface area contributed by atoms with E-state index in [0.717, 1.165) is 30.8 Å². The number of nitrogens with one attached hydrogen (secondary N) is 1. The fourth-order valence-electron chi connectivity index (χ4n) is 1.70. The van der Waals surface area contributed by atoms with Crippen molar-refractivity contribution in [2.45, 2.75) is 19.3 Å². The molecule has 0 aliphatic heterocycles. The molecule has 0 atom stereocenters. The van der Waals surface area contributed by atoms with Crippen molar-refractivity contribution < 1.29 is 0 Å². The van der Waals surface area contributed by atoms with Crippen molar-refractivity contribution in [2.75, 3.05) is 0 Å². The molecule has 0 unspecified atom stereocenters. The molecule has 94 valence electrons. The highest BCUT2D eigenvalue weighted by Crippen LogP contribution is 2.14. The fourth-order valence-corrected chi connectivity index (χ4v) is 2.45. The number of benzene rings is 1. The van der Waals surface area contributed by atoms with Crippen LogP contribution >= 0.6 is 11.3 Å². The fraction of sp³-hybridized carbons (Fsp3) is 0.214. The summed E-state index contributed by atoms with van der Waals surface area (Å²) < 4.78 is 0. The Labute approximate surface area is 111 Å². The maximum atomic E-state index is 5.50. The molecule has 2 aromatic rings. The van der Waals surface area contributed by atoms with E-state index in [1.54, 1.807) is 11.3 Å². The molecule has 0 radical (unpaired) electrons. The lowest BCUT2D eigenvalue weighted by Crippen LogP contribution is -2.30. The summed E-state index contributed by atoms with van der Waals surface area (Å²) in [6, 6.07) is 14.1. The van der Waals surface area contributed by atoms with E-state index in [-0.39, 0.29) is 0 Å². The molecule has 0 amide bonds. The maximum Gasteiger partial charge on any atom is 0.116 e. The van der Waals surface area contributed by atoms with Crippen LogP contribution in [0.25, 0.3) is 0 Å². The lowest BCUT2D eigenvalue weighted by Gasteiger charge is -2.05. The van der Waals surface area contributed by atoms with E-state index in [2.05, 4.69) is 27.9 Å². The van der Waals surface area contributed by atoms with E-state index >= 15 is 0 Å². The van der Waals surface area contributed by atoms with Gasteiger partial charge in [-0.05, 0) is 36.4 Å². The minimum atomic E-state index is 0.831. The summed E-state index contributed by atoms with van der Waals surface area (Å²) in [6.45, 7) is 0. The third-order valence-corrected chi connectivity index (χ3v) is 3.54. The summed E-state index contributed by atoms with van der Waals surface area (Å²) in [5.41, 5.74) is 3.62. The Morgan fingerprint density at radius 3 is 2.67 bits per heavy atom. The number of nitrogens with zero attached hydrogens (tertiary/aromatic N) is 1. The predicted octanol–water partition coefficient (Wildman–Crippen LogP) is 3.26. The van der Waals surface area contributed by atoms with E-state index < -0.39 is 0 Å². The Morgan fingerprint density at radius 1 is 1.17 bits per heavy atom. The molecule has 2 rings (SSSR count). The van der Waals surface area contributed by atoms with Crippen LogP contribution < -0.4 is 11.3 Å². The van der Waals surface area contributed by atoms with Crippen LogP contribution in [0.5, 0.6) is 0 Å². The molecule has 3 nitrogen and oxygen atoms in total. The summed E-state index contributed by atoms with van der Waals surface area (Å²) in [4.78, 5) is 5.89. The van der Waals surface area contributed by atoms with Gasteiger partial charge in [0.1, 0.15) is 5.84 Å². The van der Waals surface area contributed by atoms with Gasteiger partial charge in [0, 0.05) is 11.3 Å². The number of hydrogen-bond donors (Lipinski definition) is 2. The third-order valence-electron chi connectivity index (χ3n) is 2.60. The monoisotopic (exact) mass is 259 g/mol. The van der Waals surface area contributed by atoms with Crippen LogP contribution in [0, 0.1) is 0 Å². The Bertz CT molecular complexity index is 477. The summed E-state index contributed by atoms with van der Waals surface area (Å²) >= 11 is 1.79. The minimum Gasteiger partial charge on any atom is -0.312 e. The van der Waals surface area contributed by atoms with Crippen LogP contribution in [0.1, 0.15) is 17.7 Å². The molecule has 0 bridgehead atoms. The Morgan fingerprint density at radius 2 is 2.00 bits per heavy atom. The second-order valence-corrected chi connectivity index (χ2v) is 5.00. The molecule has 0 saturated carbocycles. The van der Waals surface area contributed by atoms with Gasteiger partial charge < -0.3 is 5.43 Å². The highest BCUT2D eigenvalue weighted by atomic mass is 32.1. The Balaban J connectivity index is 1.87. The summed E-state index contributed by atoms with van der Waals surface area (Å²) in [5, 5.41) is 2.11. The Hall–Kier alpha value is -1.65. The van der Waals surface area contributed by atoms with E-state index in [4.69, 9.17) is 5.84 Å². The van der Waals surface area contributed by atoms with Gasteiger partial charge in [0.15, 0.2) is 0 Å². The first-order valence-corrected chi connectivity index (χ1v) is 6.88. The molecule has 18 heavy (non-hydrogen) atoms. The molecule has 0 spiro atoms. The number of hydrazine groups is 1. The molecular formula is C14H17N3S. The third kappa shape index (κ3) is 3.98. The van der Waals surface area contributed by atoms with E-state index in [9.17, 15) is 0 Å². The number of amidine groups is 1. The average Bonchev–Trinajstić information content (AvgIpc) is 2.92. The van der Waals surface area contributed by atoms with E-state index in [1.807, 2.05) is 30.3 Å². The van der Waals surface area contributed by atoms with Gasteiger partial charge in [0.25, 0.3) is 0 Å². The number of hydrogen-bond acceptors (Lipinski definition) is 3. The zero-order valence-electron chi connectivity index (χ0n) is 10.2. The number of nitrogens with two attached hydrogens (primary N) is 1. The van der Waals surface area contributed by atoms with Gasteiger partial charge in [-0.1, -0.05) is 24.3 Å². The number of para-hydroxylation sites is 1. The number of aliphatic imine (C=N–C) groups is 1. The van der Waals surface area contributed by atoms with Gasteiger partial charge in [0.2, 0.25) is 0 Å². The Kier molecular flexibility index (Phi) is 4.93. The molecular weight excluding hydrogens is 242 g/mol. The van der Waals surface area contributed by atoms with Crippen LogP contribution in [0.3, 0.4) is 0 Å². The second kappa shape index (κ2) is 6.93. The van der Waals surface area contributed by atoms with Crippen LogP contribution in [-0.4, -0.2) is 5.84 Å². The number of rotatable bonds is 5. The van der Waals surface area contributed by atoms with Crippen LogP contribution in [0.4, 0.5) is 5.69 Å². The number of aryl methyl sites for hydroxylation is 1. The first-order chi connectivity index (χ1) is 8.88. The highest BCUT2D eigenvalue weighted by Gasteiger charge is 1.99. The molecule has 3 N–H and O–H groups in total. The molecule has 1 aromatic carbocycles. The first-order valence-electron chi connectivity index (χ1n) is 6.00. The molecule has 4 heteroatoms. The van der Waals surface area contributed by atoms with Crippen LogP contribution in [0.15, 0.2) is 52.8 Å². The number of thiophene rings is 1. The standard InChI is InChI=1S/C14H17N3S/c15-17-14(16-12-6-2-1-3-7-12)10-4-8-13-9-5-11-18-13/h1-3,5-7,9,11H,4,8,10,15H2,(H,16,17). The van der Waals surface area contributed by atoms with Crippen molar-refractivity contribution in [3.63, 3.8) is 0 Å². The zero-order valence-corrected chi connectivity index (χ0v) is 11.0. The molecule has 0 fully saturated rings. The van der Waals surface area contributed by atoms with Crippen molar-refractivity contribution in [1.82, 2.24) is 5.43 Å². The largest absolute Gasteiger partial charge is 0.312 e. The van der Waals surface area contributed by atoms with Crippen molar-refractivity contribution in [1.29, 1.82) is 0 Å². The quantitative estimate of drug-likeness (QED) is 0.375. The van der Waals surface area contributed by atoms with Gasteiger partial charge >= 0.3 is 0 Å². The van der Waals surface area contributed by atoms with Gasteiger partial charge in [-0.2, -0.15) is 0 Å². The van der Waals surface area contributed by atoms with Crippen molar-refractivity contribution in [3.8, 4) is 0 Å². The minimum absolute atomic E-state index is 0.831. The predicted molar refractivity (Wildman–Crippen MR) is 78.1 cm³/mol. The van der Waals surface area contributed by atoms with E-state index in [1.165, 1.54) is 4.88 Å². The van der Waals surface area contributed by atoms with Gasteiger partial charge in [-0.25, -0.2) is 10.8 Å². The van der Waals surface area contributed by atoms with Crippen molar-refractivity contribution >= 4 is 22.9 Å². The zero-order chi connectivity index (χ0) is 12.6. The van der Waals surface area contributed by atoms with Gasteiger partial charge in [0.05, 0.1) is 5.69 Å². The second-order valence-electron chi connectivity index (χ2n) is 3.97. The van der Waals surface area contributed by atoms with Crippen LogP contribution in [0.2, 0.25) is 0 Å². The summed E-state index contributed by atoms with van der Waals surface area (Å²) in [6.07, 6.45) is 2.99. The molecule has 0 aliphatic rings. The van der Waals surface area contributed by atoms with Gasteiger partial charge in [-0.3, -0.25) is 0 Å². The maximum absolute atomic E-state index is 5.50. The summed E-state index contributed by atoms with van der Waals surface area (Å²) in [7, 11) is 0. The lowest BCUT2D eigenvalue weighted by atomic mass is 10.2. The molecule has 0 saturated heterocycles. The topological polar surface area (TPSA) is 50.4 Å². The SMILES string of the molecule is NNC(CCCc1cccs1)=Nc1ccccc1. The molecule has 1 heterocycles. The van der Waals surface area contributed by atoms with Crippen molar-refractivity contribution in [2.24, 2.45) is 10.8 Å². The lowest BCUT2D eigenvalue weighted by molar-refractivity contribution is 0.841. The highest BCUT2D eigenvalue weighted by molar-refractivity contribution is 7.09.